The van der Waals surface area contributed by atoms with Crippen molar-refractivity contribution < 1.29 is 0 Å². The highest BCUT2D eigenvalue weighted by Gasteiger charge is 3.15. The van der Waals surface area contributed by atoms with Crippen molar-refractivity contribution in [2.24, 2.45) is 23.7 Å². The third kappa shape index (κ3) is 0.443. The first-order valence-electron chi connectivity index (χ1n) is 5.28. The smallest absolute Gasteiger partial charge is 0.0920 e. The van der Waals surface area contributed by atoms with Gasteiger partial charge in [-0.3, -0.25) is 0 Å². The van der Waals surface area contributed by atoms with Crippen LogP contribution in [0.4, 0.5) is 0 Å². The molecule has 5 heteroatoms. The molecule has 9 unspecified atom stereocenters. The first-order valence-corrected chi connectivity index (χ1v) is 7.23. The Kier molecular flexibility index (Phi) is 1.18. The fourth-order valence-electron chi connectivity index (χ4n) is 5.77. The van der Waals surface area contributed by atoms with Gasteiger partial charge in [-0.25, -0.2) is 0 Å². The normalized spacial score (nSPS) is 89.8. The van der Waals surface area contributed by atoms with E-state index < -0.39 is 19.5 Å². The predicted molar refractivity (Wildman–Crippen MR) is 62.6 cm³/mol. The van der Waals surface area contributed by atoms with Gasteiger partial charge in [0.15, 0.2) is 0 Å². The Bertz CT molecular complexity index is 438. The summed E-state index contributed by atoms with van der Waals surface area (Å²) in [4.78, 5) is -1.87. The molecule has 0 spiro atoms. The SMILES string of the molecule is ClC1CC2C3C1C1(Cl)C3(Cl)C3(Cl)C2C13Cl. The summed E-state index contributed by atoms with van der Waals surface area (Å²) in [7, 11) is 0. The van der Waals surface area contributed by atoms with Crippen molar-refractivity contribution in [2.75, 3.05) is 0 Å². The Morgan fingerprint density at radius 3 is 1.93 bits per heavy atom. The molecule has 0 bridgehead atoms. The Balaban J connectivity index is 1.84. The maximum absolute atomic E-state index is 6.69. The summed E-state index contributed by atoms with van der Waals surface area (Å²) in [6.07, 6.45) is 0.993. The van der Waals surface area contributed by atoms with Crippen LogP contribution in [0.3, 0.4) is 0 Å². The van der Waals surface area contributed by atoms with Crippen LogP contribution in [0.15, 0.2) is 0 Å². The molecule has 9 atom stereocenters. The van der Waals surface area contributed by atoms with E-state index in [0.29, 0.717) is 17.8 Å². The molecule has 0 saturated heterocycles. The van der Waals surface area contributed by atoms with Crippen LogP contribution in [0.1, 0.15) is 6.42 Å². The Labute approximate surface area is 113 Å². The van der Waals surface area contributed by atoms with Crippen molar-refractivity contribution in [3.63, 3.8) is 0 Å². The summed E-state index contributed by atoms with van der Waals surface area (Å²) in [5.74, 6) is 1.52. The summed E-state index contributed by atoms with van der Waals surface area (Å²) in [5.41, 5.74) is 0. The molecule has 82 valence electrons. The molecule has 5 fully saturated rings. The molecule has 0 aromatic heterocycles. The minimum Gasteiger partial charge on any atom is -0.123 e. The topological polar surface area (TPSA) is 0 Å². The lowest BCUT2D eigenvalue weighted by Gasteiger charge is -2.74. The van der Waals surface area contributed by atoms with Gasteiger partial charge in [0.05, 0.1) is 19.5 Å². The van der Waals surface area contributed by atoms with Crippen molar-refractivity contribution in [1.29, 1.82) is 0 Å². The van der Waals surface area contributed by atoms with E-state index in [-0.39, 0.29) is 11.3 Å². The zero-order valence-electron chi connectivity index (χ0n) is 7.48. The summed E-state index contributed by atoms with van der Waals surface area (Å²) in [6, 6.07) is 0. The first kappa shape index (κ1) is 9.39. The van der Waals surface area contributed by atoms with Gasteiger partial charge in [0.2, 0.25) is 0 Å². The van der Waals surface area contributed by atoms with Crippen molar-refractivity contribution >= 4 is 58.0 Å². The summed E-state index contributed by atoms with van der Waals surface area (Å²) >= 11 is 32.9. The van der Waals surface area contributed by atoms with E-state index in [1.54, 1.807) is 0 Å². The highest BCUT2D eigenvalue weighted by Crippen LogP contribution is 3.05. The van der Waals surface area contributed by atoms with Gasteiger partial charge in [-0.05, 0) is 18.3 Å². The molecule has 15 heavy (non-hydrogen) atoms. The van der Waals surface area contributed by atoms with Crippen molar-refractivity contribution in [3.05, 3.63) is 0 Å². The Morgan fingerprint density at radius 2 is 1.33 bits per heavy atom. The van der Waals surface area contributed by atoms with Crippen LogP contribution in [0, 0.1) is 23.7 Å². The quantitative estimate of drug-likeness (QED) is 0.602. The highest BCUT2D eigenvalue weighted by molar-refractivity contribution is 6.59. The maximum atomic E-state index is 6.69. The minimum atomic E-state index is -0.528. The molecule has 0 amide bonds. The fourth-order valence-corrected chi connectivity index (χ4v) is 9.93. The second-order valence-electron chi connectivity index (χ2n) is 5.79. The maximum Gasteiger partial charge on any atom is 0.0920 e. The highest BCUT2D eigenvalue weighted by atomic mass is 35.5. The Hall–Kier alpha value is 1.45. The molecule has 0 nitrogen and oxygen atoms in total. The molecule has 5 aliphatic carbocycles. The molecule has 0 aliphatic heterocycles. The number of fused-ring (bicyclic) bond motifs is 4. The first-order chi connectivity index (χ1) is 6.88. The van der Waals surface area contributed by atoms with E-state index in [2.05, 4.69) is 0 Å². The average molecular weight is 304 g/mol. The van der Waals surface area contributed by atoms with Gasteiger partial charge in [-0.15, -0.1) is 58.0 Å². The second kappa shape index (κ2) is 1.88. The molecule has 0 radical (unpaired) electrons. The third-order valence-corrected chi connectivity index (χ3v) is 10.2. The lowest BCUT2D eigenvalue weighted by molar-refractivity contribution is -0.0413. The van der Waals surface area contributed by atoms with Gasteiger partial charge >= 0.3 is 0 Å². The lowest BCUT2D eigenvalue weighted by atomic mass is 9.44. The largest absolute Gasteiger partial charge is 0.123 e. The number of hydrogen-bond donors (Lipinski definition) is 0. The summed E-state index contributed by atoms with van der Waals surface area (Å²) in [6.45, 7) is 0. The monoisotopic (exact) mass is 302 g/mol. The minimum absolute atomic E-state index is 0.147. The van der Waals surface area contributed by atoms with Crippen LogP contribution in [0.25, 0.3) is 0 Å². The van der Waals surface area contributed by atoms with Crippen LogP contribution in [-0.4, -0.2) is 24.9 Å². The number of hydrogen-bond acceptors (Lipinski definition) is 0. The van der Waals surface area contributed by atoms with Crippen LogP contribution >= 0.6 is 58.0 Å². The zero-order chi connectivity index (χ0) is 10.6. The summed E-state index contributed by atoms with van der Waals surface area (Å²) in [5, 5.41) is 0.147. The molecular formula is C10H7Cl5. The van der Waals surface area contributed by atoms with Crippen LogP contribution < -0.4 is 0 Å². The van der Waals surface area contributed by atoms with Crippen molar-refractivity contribution in [1.82, 2.24) is 0 Å². The van der Waals surface area contributed by atoms with Gasteiger partial charge in [0.25, 0.3) is 0 Å². The van der Waals surface area contributed by atoms with E-state index in [9.17, 15) is 0 Å². The molecule has 0 heterocycles. The number of rotatable bonds is 0. The molecule has 0 aromatic rings. The third-order valence-electron chi connectivity index (χ3n) is 5.97. The van der Waals surface area contributed by atoms with Gasteiger partial charge in [-0.1, -0.05) is 0 Å². The van der Waals surface area contributed by atoms with Gasteiger partial charge in [0.1, 0.15) is 0 Å². The van der Waals surface area contributed by atoms with E-state index in [4.69, 9.17) is 58.0 Å². The van der Waals surface area contributed by atoms with Crippen LogP contribution in [0.2, 0.25) is 0 Å². The van der Waals surface area contributed by atoms with Crippen molar-refractivity contribution in [3.8, 4) is 0 Å². The fraction of sp³-hybridized carbons (Fsp3) is 1.00. The average Bonchev–Trinajstić information content (AvgIpc) is 2.45. The van der Waals surface area contributed by atoms with E-state index in [1.165, 1.54) is 0 Å². The van der Waals surface area contributed by atoms with E-state index >= 15 is 0 Å². The molecule has 0 N–H and O–H groups in total. The van der Waals surface area contributed by atoms with Gasteiger partial charge in [-0.2, -0.15) is 0 Å². The van der Waals surface area contributed by atoms with Crippen molar-refractivity contribution in [2.45, 2.75) is 31.3 Å². The standard InChI is InChI=1S/C10H7Cl5/c11-3-1-2-4-5(3)8(13)7(4,12)9(14)6(2)10(8,9)15/h2-6H,1H2. The van der Waals surface area contributed by atoms with Gasteiger partial charge < -0.3 is 0 Å². The summed E-state index contributed by atoms with van der Waals surface area (Å²) < 4.78 is 0. The molecule has 5 aliphatic rings. The lowest BCUT2D eigenvalue weighted by Crippen LogP contribution is -2.88. The van der Waals surface area contributed by atoms with Crippen LogP contribution in [0.5, 0.6) is 0 Å². The number of halogens is 5. The molecule has 5 rings (SSSR count). The van der Waals surface area contributed by atoms with Crippen LogP contribution in [-0.2, 0) is 0 Å². The second-order valence-corrected chi connectivity index (χ2v) is 8.74. The Morgan fingerprint density at radius 1 is 0.800 bits per heavy atom. The van der Waals surface area contributed by atoms with E-state index in [1.807, 2.05) is 0 Å². The predicted octanol–water partition coefficient (Wildman–Crippen LogP) is 3.43. The van der Waals surface area contributed by atoms with Gasteiger partial charge in [0, 0.05) is 17.2 Å². The molecule has 0 aromatic carbocycles. The molecule has 5 saturated carbocycles. The van der Waals surface area contributed by atoms with E-state index in [0.717, 1.165) is 6.42 Å². The molecular weight excluding hydrogens is 297 g/mol. The number of alkyl halides is 5. The zero-order valence-corrected chi connectivity index (χ0v) is 11.3.